The fourth-order valence-corrected chi connectivity index (χ4v) is 1.53. The van der Waals surface area contributed by atoms with Crippen molar-refractivity contribution in [3.8, 4) is 0 Å². The van der Waals surface area contributed by atoms with Crippen LogP contribution in [0.15, 0.2) is 24.3 Å². The van der Waals surface area contributed by atoms with Crippen LogP contribution in [-0.4, -0.2) is 43.9 Å². The summed E-state index contributed by atoms with van der Waals surface area (Å²) in [7, 11) is 3.67. The van der Waals surface area contributed by atoms with E-state index in [1.807, 2.05) is 21.0 Å². The van der Waals surface area contributed by atoms with Crippen LogP contribution in [0.1, 0.15) is 23.7 Å². The third-order valence-corrected chi connectivity index (χ3v) is 2.43. The van der Waals surface area contributed by atoms with Gasteiger partial charge >= 0.3 is 0 Å². The highest BCUT2D eigenvalue weighted by molar-refractivity contribution is 5.96. The molecule has 0 aliphatic rings. The smallest absolute Gasteiger partial charge is 0.251 e. The standard InChI is InChI=1S/C14H21N3O2/c1-4-9-15-14(19)11-5-7-12(8-6-11)16-13(18)10-17(2)3/h5-8H,4,9-10H2,1-3H3,(H,15,19)(H,16,18). The van der Waals surface area contributed by atoms with Crippen LogP contribution >= 0.6 is 0 Å². The number of rotatable bonds is 6. The number of amides is 2. The molecule has 19 heavy (non-hydrogen) atoms. The Morgan fingerprint density at radius 2 is 1.79 bits per heavy atom. The number of carbonyl (C=O) groups is 2. The summed E-state index contributed by atoms with van der Waals surface area (Å²) in [4.78, 5) is 25.0. The first-order valence-corrected chi connectivity index (χ1v) is 6.35. The van der Waals surface area contributed by atoms with Gasteiger partial charge in [0.15, 0.2) is 0 Å². The van der Waals surface area contributed by atoms with E-state index in [2.05, 4.69) is 10.6 Å². The summed E-state index contributed by atoms with van der Waals surface area (Å²) in [5.41, 5.74) is 1.29. The first-order chi connectivity index (χ1) is 9.02. The maximum absolute atomic E-state index is 11.7. The minimum absolute atomic E-state index is 0.0758. The molecule has 5 heteroatoms. The van der Waals surface area contributed by atoms with Crippen molar-refractivity contribution in [3.05, 3.63) is 29.8 Å². The Balaban J connectivity index is 2.56. The second-order valence-corrected chi connectivity index (χ2v) is 4.62. The molecule has 1 aromatic carbocycles. The van der Waals surface area contributed by atoms with E-state index in [1.165, 1.54) is 0 Å². The number of carbonyl (C=O) groups excluding carboxylic acids is 2. The van der Waals surface area contributed by atoms with E-state index < -0.39 is 0 Å². The second-order valence-electron chi connectivity index (χ2n) is 4.62. The molecule has 0 fully saturated rings. The van der Waals surface area contributed by atoms with Crippen LogP contribution in [0.25, 0.3) is 0 Å². The number of benzene rings is 1. The fourth-order valence-electron chi connectivity index (χ4n) is 1.53. The molecular formula is C14H21N3O2. The van der Waals surface area contributed by atoms with Crippen LogP contribution < -0.4 is 10.6 Å². The molecule has 0 saturated heterocycles. The largest absolute Gasteiger partial charge is 0.352 e. The summed E-state index contributed by atoms with van der Waals surface area (Å²) in [6.07, 6.45) is 0.907. The quantitative estimate of drug-likeness (QED) is 0.814. The highest BCUT2D eigenvalue weighted by Crippen LogP contribution is 2.09. The molecule has 0 atom stereocenters. The normalized spacial score (nSPS) is 10.3. The Morgan fingerprint density at radius 1 is 1.16 bits per heavy atom. The lowest BCUT2D eigenvalue weighted by Crippen LogP contribution is -2.27. The van der Waals surface area contributed by atoms with E-state index in [1.54, 1.807) is 29.2 Å². The van der Waals surface area contributed by atoms with Crippen LogP contribution in [0.4, 0.5) is 5.69 Å². The molecule has 5 nitrogen and oxygen atoms in total. The van der Waals surface area contributed by atoms with Gasteiger partial charge in [0.25, 0.3) is 5.91 Å². The number of hydrogen-bond acceptors (Lipinski definition) is 3. The van der Waals surface area contributed by atoms with Gasteiger partial charge in [-0.15, -0.1) is 0 Å². The van der Waals surface area contributed by atoms with Gasteiger partial charge in [-0.25, -0.2) is 0 Å². The number of hydrogen-bond donors (Lipinski definition) is 2. The number of nitrogens with one attached hydrogen (secondary N) is 2. The van der Waals surface area contributed by atoms with Crippen molar-refractivity contribution < 1.29 is 9.59 Å². The van der Waals surface area contributed by atoms with Crippen LogP contribution in [0.2, 0.25) is 0 Å². The summed E-state index contributed by atoms with van der Waals surface area (Å²) in [6.45, 7) is 3.00. The van der Waals surface area contributed by atoms with Gasteiger partial charge < -0.3 is 15.5 Å². The molecule has 0 radical (unpaired) electrons. The Bertz CT molecular complexity index is 427. The first kappa shape index (κ1) is 15.2. The molecule has 0 heterocycles. The maximum Gasteiger partial charge on any atom is 0.251 e. The van der Waals surface area contributed by atoms with Crippen molar-refractivity contribution in [2.45, 2.75) is 13.3 Å². The van der Waals surface area contributed by atoms with Gasteiger partial charge in [-0.2, -0.15) is 0 Å². The van der Waals surface area contributed by atoms with Crippen molar-refractivity contribution in [2.75, 3.05) is 32.5 Å². The minimum Gasteiger partial charge on any atom is -0.352 e. The van der Waals surface area contributed by atoms with Gasteiger partial charge in [0.2, 0.25) is 5.91 Å². The zero-order chi connectivity index (χ0) is 14.3. The Hall–Kier alpha value is -1.88. The molecule has 1 aromatic rings. The lowest BCUT2D eigenvalue weighted by atomic mass is 10.2. The van der Waals surface area contributed by atoms with Crippen molar-refractivity contribution in [3.63, 3.8) is 0 Å². The zero-order valence-electron chi connectivity index (χ0n) is 11.7. The first-order valence-electron chi connectivity index (χ1n) is 6.35. The van der Waals surface area contributed by atoms with E-state index in [0.29, 0.717) is 24.3 Å². The Labute approximate surface area is 114 Å². The van der Waals surface area contributed by atoms with Crippen LogP contribution in [-0.2, 0) is 4.79 Å². The maximum atomic E-state index is 11.7. The van der Waals surface area contributed by atoms with Crippen LogP contribution in [0.3, 0.4) is 0 Å². The lowest BCUT2D eigenvalue weighted by Gasteiger charge is -2.10. The van der Waals surface area contributed by atoms with Gasteiger partial charge in [-0.3, -0.25) is 9.59 Å². The predicted molar refractivity (Wildman–Crippen MR) is 76.2 cm³/mol. The van der Waals surface area contributed by atoms with Crippen molar-refractivity contribution >= 4 is 17.5 Å². The highest BCUT2D eigenvalue weighted by Gasteiger charge is 2.06. The molecular weight excluding hydrogens is 242 g/mol. The summed E-state index contributed by atoms with van der Waals surface area (Å²) in [5.74, 6) is -0.166. The molecule has 0 unspecified atom stereocenters. The zero-order valence-corrected chi connectivity index (χ0v) is 11.7. The third-order valence-electron chi connectivity index (χ3n) is 2.43. The Morgan fingerprint density at radius 3 is 2.32 bits per heavy atom. The van der Waals surface area contributed by atoms with E-state index in [-0.39, 0.29) is 11.8 Å². The monoisotopic (exact) mass is 263 g/mol. The molecule has 0 aliphatic carbocycles. The van der Waals surface area contributed by atoms with Crippen molar-refractivity contribution in [1.82, 2.24) is 10.2 Å². The molecule has 104 valence electrons. The highest BCUT2D eigenvalue weighted by atomic mass is 16.2. The molecule has 0 saturated carbocycles. The fraction of sp³-hybridized carbons (Fsp3) is 0.429. The van der Waals surface area contributed by atoms with Crippen LogP contribution in [0.5, 0.6) is 0 Å². The Kier molecular flexibility index (Phi) is 6.02. The number of anilines is 1. The van der Waals surface area contributed by atoms with Crippen molar-refractivity contribution in [1.29, 1.82) is 0 Å². The molecule has 2 amide bonds. The van der Waals surface area contributed by atoms with Crippen LogP contribution in [0, 0.1) is 0 Å². The molecule has 2 N–H and O–H groups in total. The number of nitrogens with zero attached hydrogens (tertiary/aromatic N) is 1. The second kappa shape index (κ2) is 7.53. The third kappa shape index (κ3) is 5.52. The average molecular weight is 263 g/mol. The molecule has 0 bridgehead atoms. The predicted octanol–water partition coefficient (Wildman–Crippen LogP) is 1.33. The molecule has 1 rings (SSSR count). The summed E-state index contributed by atoms with van der Waals surface area (Å²) < 4.78 is 0. The minimum atomic E-state index is -0.0898. The van der Waals surface area contributed by atoms with E-state index in [4.69, 9.17) is 0 Å². The summed E-state index contributed by atoms with van der Waals surface area (Å²) >= 11 is 0. The van der Waals surface area contributed by atoms with Gasteiger partial charge in [0, 0.05) is 17.8 Å². The molecule has 0 aromatic heterocycles. The topological polar surface area (TPSA) is 61.4 Å². The van der Waals surface area contributed by atoms with Gasteiger partial charge in [-0.05, 0) is 44.8 Å². The van der Waals surface area contributed by atoms with Crippen molar-refractivity contribution in [2.24, 2.45) is 0 Å². The van der Waals surface area contributed by atoms with Gasteiger partial charge in [-0.1, -0.05) is 6.92 Å². The lowest BCUT2D eigenvalue weighted by molar-refractivity contribution is -0.116. The molecule has 0 spiro atoms. The van der Waals surface area contributed by atoms with Gasteiger partial charge in [0.05, 0.1) is 6.54 Å². The summed E-state index contributed by atoms with van der Waals surface area (Å²) in [5, 5.41) is 5.57. The van der Waals surface area contributed by atoms with E-state index in [0.717, 1.165) is 6.42 Å². The summed E-state index contributed by atoms with van der Waals surface area (Å²) in [6, 6.07) is 6.87. The average Bonchev–Trinajstić information content (AvgIpc) is 2.35. The van der Waals surface area contributed by atoms with Gasteiger partial charge in [0.1, 0.15) is 0 Å². The van der Waals surface area contributed by atoms with E-state index in [9.17, 15) is 9.59 Å². The van der Waals surface area contributed by atoms with E-state index >= 15 is 0 Å². The molecule has 0 aliphatic heterocycles. The number of likely N-dealkylation sites (N-methyl/N-ethyl adjacent to an activating group) is 1. The SMILES string of the molecule is CCCNC(=O)c1ccc(NC(=O)CN(C)C)cc1.